The van der Waals surface area contributed by atoms with Crippen LogP contribution in [0, 0.1) is 22.7 Å². The summed E-state index contributed by atoms with van der Waals surface area (Å²) in [7, 11) is 0. The van der Waals surface area contributed by atoms with Gasteiger partial charge < -0.3 is 10.1 Å². The first-order chi connectivity index (χ1) is 10.0. The van der Waals surface area contributed by atoms with Crippen molar-refractivity contribution in [3.05, 3.63) is 28.8 Å². The maximum atomic E-state index is 8.81. The van der Waals surface area contributed by atoms with Crippen molar-refractivity contribution in [3.63, 3.8) is 0 Å². The van der Waals surface area contributed by atoms with Crippen molar-refractivity contribution in [2.75, 3.05) is 13.2 Å². The van der Waals surface area contributed by atoms with Crippen molar-refractivity contribution in [1.29, 1.82) is 5.26 Å². The van der Waals surface area contributed by atoms with E-state index in [-0.39, 0.29) is 5.41 Å². The second-order valence-corrected chi connectivity index (χ2v) is 6.82. The van der Waals surface area contributed by atoms with E-state index >= 15 is 0 Å². The molecule has 2 rings (SSSR count). The molecule has 1 N–H and O–H groups in total. The topological polar surface area (TPSA) is 45.0 Å². The minimum absolute atomic E-state index is 0.0789. The van der Waals surface area contributed by atoms with Crippen LogP contribution in [0.4, 0.5) is 0 Å². The minimum atomic E-state index is 0.0789. The Bertz CT molecular complexity index is 518. The fourth-order valence-electron chi connectivity index (χ4n) is 2.22. The third kappa shape index (κ3) is 4.91. The molecule has 1 aliphatic rings. The number of nitrogens with zero attached hydrogens (tertiary/aromatic N) is 1. The van der Waals surface area contributed by atoms with Crippen LogP contribution in [-0.2, 0) is 6.54 Å². The van der Waals surface area contributed by atoms with Gasteiger partial charge in [-0.05, 0) is 43.0 Å². The van der Waals surface area contributed by atoms with Crippen molar-refractivity contribution in [1.82, 2.24) is 5.32 Å². The van der Waals surface area contributed by atoms with Crippen LogP contribution in [0.15, 0.2) is 18.2 Å². The number of hydrogen-bond donors (Lipinski definition) is 1. The molecule has 0 aliphatic heterocycles. The normalized spacial score (nSPS) is 15.8. The summed E-state index contributed by atoms with van der Waals surface area (Å²) in [5.41, 5.74) is 1.24. The van der Waals surface area contributed by atoms with Gasteiger partial charge in [0, 0.05) is 18.4 Å². The van der Waals surface area contributed by atoms with E-state index < -0.39 is 0 Å². The lowest BCUT2D eigenvalue weighted by Crippen LogP contribution is -2.19. The molecule has 0 saturated heterocycles. The van der Waals surface area contributed by atoms with Gasteiger partial charge in [-0.2, -0.15) is 5.26 Å². The van der Waals surface area contributed by atoms with Crippen molar-refractivity contribution in [3.8, 4) is 11.8 Å². The maximum absolute atomic E-state index is 8.81. The Morgan fingerprint density at radius 3 is 2.76 bits per heavy atom. The molecular weight excluding hydrogens is 284 g/mol. The summed E-state index contributed by atoms with van der Waals surface area (Å²) >= 11 is 6.28. The van der Waals surface area contributed by atoms with Crippen molar-refractivity contribution in [2.24, 2.45) is 11.3 Å². The molecule has 0 spiro atoms. The quantitative estimate of drug-likeness (QED) is 0.784. The molecule has 0 bridgehead atoms. The average Bonchev–Trinajstić information content (AvgIpc) is 3.18. The third-order valence-corrected chi connectivity index (χ3v) is 4.12. The van der Waals surface area contributed by atoms with Crippen LogP contribution in [0.5, 0.6) is 5.75 Å². The first-order valence-corrected chi connectivity index (χ1v) is 7.91. The maximum Gasteiger partial charge on any atom is 0.137 e. The van der Waals surface area contributed by atoms with Crippen molar-refractivity contribution < 1.29 is 4.74 Å². The highest BCUT2D eigenvalue weighted by Crippen LogP contribution is 2.49. The van der Waals surface area contributed by atoms with E-state index in [4.69, 9.17) is 21.6 Å². The van der Waals surface area contributed by atoms with Gasteiger partial charge in [-0.15, -0.1) is 0 Å². The van der Waals surface area contributed by atoms with Gasteiger partial charge >= 0.3 is 0 Å². The van der Waals surface area contributed by atoms with Crippen LogP contribution in [0.1, 0.15) is 38.7 Å². The molecule has 0 radical (unpaired) electrons. The van der Waals surface area contributed by atoms with Crippen molar-refractivity contribution >= 4 is 11.6 Å². The Balaban J connectivity index is 1.86. The predicted molar refractivity (Wildman–Crippen MR) is 85.4 cm³/mol. The van der Waals surface area contributed by atoms with Crippen LogP contribution in [0.3, 0.4) is 0 Å². The number of ether oxygens (including phenoxy) is 1. The van der Waals surface area contributed by atoms with Crippen LogP contribution in [0.2, 0.25) is 5.02 Å². The molecule has 1 aromatic rings. The Morgan fingerprint density at radius 1 is 1.43 bits per heavy atom. The third-order valence-electron chi connectivity index (χ3n) is 3.82. The second kappa shape index (κ2) is 7.15. The lowest BCUT2D eigenvalue weighted by Gasteiger charge is -2.15. The summed E-state index contributed by atoms with van der Waals surface area (Å²) < 4.78 is 5.81. The van der Waals surface area contributed by atoms with E-state index in [0.717, 1.165) is 31.5 Å². The molecular formula is C17H23ClN2O. The number of hydrogen-bond acceptors (Lipinski definition) is 3. The lowest BCUT2D eigenvalue weighted by molar-refractivity contribution is 0.237. The van der Waals surface area contributed by atoms with Crippen LogP contribution < -0.4 is 10.1 Å². The van der Waals surface area contributed by atoms with Gasteiger partial charge in [-0.3, -0.25) is 0 Å². The zero-order valence-corrected chi connectivity index (χ0v) is 13.5. The molecule has 1 aromatic carbocycles. The monoisotopic (exact) mass is 306 g/mol. The van der Waals surface area contributed by atoms with Gasteiger partial charge in [0.25, 0.3) is 0 Å². The predicted octanol–water partition coefficient (Wildman–Crippen LogP) is 4.16. The molecule has 4 heteroatoms. The van der Waals surface area contributed by atoms with E-state index in [0.29, 0.717) is 29.7 Å². The highest BCUT2D eigenvalue weighted by Gasteiger charge is 2.43. The van der Waals surface area contributed by atoms with Crippen LogP contribution in [0.25, 0.3) is 0 Å². The molecule has 0 unspecified atom stereocenters. The number of nitriles is 1. The smallest absolute Gasteiger partial charge is 0.137 e. The van der Waals surface area contributed by atoms with E-state index in [1.807, 2.05) is 18.2 Å². The Labute approximate surface area is 132 Å². The van der Waals surface area contributed by atoms with Crippen LogP contribution >= 0.6 is 11.6 Å². The van der Waals surface area contributed by atoms with Gasteiger partial charge in [0.15, 0.2) is 0 Å². The summed E-state index contributed by atoms with van der Waals surface area (Å²) in [4.78, 5) is 0. The molecule has 0 atom stereocenters. The van der Waals surface area contributed by atoms with Gasteiger partial charge in [-0.25, -0.2) is 0 Å². The molecule has 114 valence electrons. The van der Waals surface area contributed by atoms with Gasteiger partial charge in [0.05, 0.1) is 17.7 Å². The van der Waals surface area contributed by atoms with E-state index in [9.17, 15) is 0 Å². The molecule has 0 heterocycles. The summed E-state index contributed by atoms with van der Waals surface area (Å²) in [6.07, 6.45) is 2.73. The SMILES string of the molecule is CC(C)CNCc1ccc(OCC2(CC#N)CC2)c(Cl)c1. The highest BCUT2D eigenvalue weighted by atomic mass is 35.5. The molecule has 1 fully saturated rings. The van der Waals surface area contributed by atoms with Crippen LogP contribution in [-0.4, -0.2) is 13.2 Å². The summed E-state index contributed by atoms with van der Waals surface area (Å²) in [6.45, 7) is 6.77. The molecule has 1 aliphatic carbocycles. The Hall–Kier alpha value is -1.24. The number of halogens is 1. The fraction of sp³-hybridized carbons (Fsp3) is 0.588. The van der Waals surface area contributed by atoms with Crippen molar-refractivity contribution in [2.45, 2.75) is 39.7 Å². The van der Waals surface area contributed by atoms with Gasteiger partial charge in [-0.1, -0.05) is 31.5 Å². The number of rotatable bonds is 8. The Kier molecular flexibility index (Phi) is 5.50. The Morgan fingerprint density at radius 2 is 2.19 bits per heavy atom. The minimum Gasteiger partial charge on any atom is -0.491 e. The summed E-state index contributed by atoms with van der Waals surface area (Å²) in [6, 6.07) is 8.16. The molecule has 21 heavy (non-hydrogen) atoms. The molecule has 1 saturated carbocycles. The van der Waals surface area contributed by atoms with E-state index in [2.05, 4.69) is 25.2 Å². The highest BCUT2D eigenvalue weighted by molar-refractivity contribution is 6.32. The average molecular weight is 307 g/mol. The van der Waals surface area contributed by atoms with E-state index in [1.54, 1.807) is 0 Å². The molecule has 3 nitrogen and oxygen atoms in total. The van der Waals surface area contributed by atoms with E-state index in [1.165, 1.54) is 0 Å². The number of benzene rings is 1. The molecule has 0 aromatic heterocycles. The first-order valence-electron chi connectivity index (χ1n) is 7.53. The van der Waals surface area contributed by atoms with Gasteiger partial charge in [0.2, 0.25) is 0 Å². The fourth-order valence-corrected chi connectivity index (χ4v) is 2.48. The standard InChI is InChI=1S/C17H23ClN2O/c1-13(2)10-20-11-14-3-4-16(15(18)9-14)21-12-17(5-6-17)7-8-19/h3-4,9,13,20H,5-7,10-12H2,1-2H3. The zero-order chi connectivity index (χ0) is 15.3. The first kappa shape index (κ1) is 16.1. The summed E-state index contributed by atoms with van der Waals surface area (Å²) in [5.74, 6) is 1.35. The van der Waals surface area contributed by atoms with Gasteiger partial charge in [0.1, 0.15) is 5.75 Å². The summed E-state index contributed by atoms with van der Waals surface area (Å²) in [5, 5.41) is 12.9. The largest absolute Gasteiger partial charge is 0.491 e. The lowest BCUT2D eigenvalue weighted by atomic mass is 10.1. The zero-order valence-electron chi connectivity index (χ0n) is 12.8. The second-order valence-electron chi connectivity index (χ2n) is 6.41. The number of nitrogens with one attached hydrogen (secondary N) is 1. The molecule has 0 amide bonds.